The lowest BCUT2D eigenvalue weighted by atomic mass is 10.0. The fourth-order valence-corrected chi connectivity index (χ4v) is 7.42. The average molecular weight is 660 g/mol. The molecule has 2 atom stereocenters. The number of piperidine rings is 1. The van der Waals surface area contributed by atoms with Crippen LogP contribution in [0.25, 0.3) is 22.2 Å². The van der Waals surface area contributed by atoms with Crippen molar-refractivity contribution in [3.8, 4) is 11.3 Å². The van der Waals surface area contributed by atoms with E-state index in [2.05, 4.69) is 10.3 Å². The molecule has 1 aliphatic heterocycles. The summed E-state index contributed by atoms with van der Waals surface area (Å²) < 4.78 is 66.6. The second-order valence-electron chi connectivity index (χ2n) is 11.0. The van der Waals surface area contributed by atoms with Gasteiger partial charge in [0.2, 0.25) is 0 Å². The van der Waals surface area contributed by atoms with Crippen LogP contribution in [0.3, 0.4) is 0 Å². The summed E-state index contributed by atoms with van der Waals surface area (Å²) in [5.74, 6) is -1.30. The second-order valence-corrected chi connectivity index (χ2v) is 13.5. The SMILES string of the molecule is Cc1ccc(S(=O)(=O)[C@H]2CCCCN2C(=O)NC(Cc2ccc3nc(-c4cc(C(F)(F)F)ccc4Cl)ccc3c2)C(=O)O)cc1. The summed E-state index contributed by atoms with van der Waals surface area (Å²) >= 11 is 6.18. The molecular formula is C32H29ClF3N3O5S. The highest BCUT2D eigenvalue weighted by atomic mass is 35.5. The van der Waals surface area contributed by atoms with Gasteiger partial charge >= 0.3 is 18.2 Å². The number of nitrogens with one attached hydrogen (secondary N) is 1. The molecule has 3 aromatic carbocycles. The lowest BCUT2D eigenvalue weighted by Gasteiger charge is -2.35. The van der Waals surface area contributed by atoms with Gasteiger partial charge in [0.15, 0.2) is 9.84 Å². The highest BCUT2D eigenvalue weighted by Crippen LogP contribution is 2.36. The maximum atomic E-state index is 13.4. The van der Waals surface area contributed by atoms with Crippen molar-refractivity contribution in [3.63, 3.8) is 0 Å². The molecule has 236 valence electrons. The van der Waals surface area contributed by atoms with E-state index in [-0.39, 0.29) is 40.6 Å². The molecule has 5 rings (SSSR count). The third-order valence-corrected chi connectivity index (χ3v) is 10.2. The number of urea groups is 1. The summed E-state index contributed by atoms with van der Waals surface area (Å²) in [6, 6.07) is 15.3. The Morgan fingerprint density at radius 1 is 1.04 bits per heavy atom. The first-order chi connectivity index (χ1) is 21.2. The molecule has 1 aliphatic rings. The number of amides is 2. The highest BCUT2D eigenvalue weighted by Gasteiger charge is 2.38. The van der Waals surface area contributed by atoms with Gasteiger partial charge in [0, 0.05) is 28.9 Å². The topological polar surface area (TPSA) is 117 Å². The monoisotopic (exact) mass is 659 g/mol. The molecule has 4 aromatic rings. The van der Waals surface area contributed by atoms with E-state index < -0.39 is 45.0 Å². The zero-order valence-electron chi connectivity index (χ0n) is 24.0. The van der Waals surface area contributed by atoms with Crippen LogP contribution in [0.4, 0.5) is 18.0 Å². The number of hydrogen-bond acceptors (Lipinski definition) is 5. The third-order valence-electron chi connectivity index (χ3n) is 7.78. The number of fused-ring (bicyclic) bond motifs is 1. The number of benzene rings is 3. The number of hydrogen-bond donors (Lipinski definition) is 2. The molecular weight excluding hydrogens is 631 g/mol. The van der Waals surface area contributed by atoms with Crippen molar-refractivity contribution in [2.45, 2.75) is 55.1 Å². The molecule has 0 spiro atoms. The number of carboxylic acids is 1. The number of carbonyl (C=O) groups excluding carboxylic acids is 1. The zero-order chi connectivity index (χ0) is 32.5. The molecule has 2 amide bonds. The Bertz CT molecular complexity index is 1870. The van der Waals surface area contributed by atoms with Crippen molar-refractivity contribution in [1.82, 2.24) is 15.2 Å². The Morgan fingerprint density at radius 2 is 1.78 bits per heavy atom. The molecule has 8 nitrogen and oxygen atoms in total. The predicted octanol–water partition coefficient (Wildman–Crippen LogP) is 6.87. The van der Waals surface area contributed by atoms with Crippen LogP contribution in [0.5, 0.6) is 0 Å². The summed E-state index contributed by atoms with van der Waals surface area (Å²) in [6.45, 7) is 2.00. The second kappa shape index (κ2) is 12.7. The molecule has 2 heterocycles. The Kier molecular flexibility index (Phi) is 9.09. The Morgan fingerprint density at radius 3 is 2.47 bits per heavy atom. The summed E-state index contributed by atoms with van der Waals surface area (Å²) in [4.78, 5) is 31.3. The van der Waals surface area contributed by atoms with Crippen molar-refractivity contribution >= 4 is 44.3 Å². The molecule has 2 N–H and O–H groups in total. The number of halogens is 4. The van der Waals surface area contributed by atoms with Gasteiger partial charge in [-0.05, 0) is 80.3 Å². The van der Waals surface area contributed by atoms with Crippen molar-refractivity contribution in [2.75, 3.05) is 6.54 Å². The molecule has 45 heavy (non-hydrogen) atoms. The van der Waals surface area contributed by atoms with Gasteiger partial charge in [-0.25, -0.2) is 23.0 Å². The van der Waals surface area contributed by atoms with E-state index in [1.807, 2.05) is 6.92 Å². The van der Waals surface area contributed by atoms with Crippen LogP contribution in [-0.4, -0.2) is 53.4 Å². The van der Waals surface area contributed by atoms with E-state index in [1.54, 1.807) is 36.4 Å². The van der Waals surface area contributed by atoms with Gasteiger partial charge in [0.05, 0.1) is 21.7 Å². The Hall–Kier alpha value is -4.16. The number of carboxylic acid groups (broad SMARTS) is 1. The van der Waals surface area contributed by atoms with E-state index in [0.717, 1.165) is 17.7 Å². The minimum atomic E-state index is -4.55. The highest BCUT2D eigenvalue weighted by molar-refractivity contribution is 7.92. The van der Waals surface area contributed by atoms with Gasteiger partial charge in [-0.3, -0.25) is 0 Å². The van der Waals surface area contributed by atoms with Crippen LogP contribution in [-0.2, 0) is 27.2 Å². The summed E-state index contributed by atoms with van der Waals surface area (Å²) in [6.07, 6.45) is -3.25. The molecule has 13 heteroatoms. The zero-order valence-corrected chi connectivity index (χ0v) is 25.6. The van der Waals surface area contributed by atoms with Crippen molar-refractivity contribution in [2.24, 2.45) is 0 Å². The van der Waals surface area contributed by atoms with Crippen LogP contribution < -0.4 is 5.32 Å². The minimum Gasteiger partial charge on any atom is -0.480 e. The number of pyridine rings is 1. The Labute approximate surface area is 262 Å². The fourth-order valence-electron chi connectivity index (χ4n) is 5.36. The maximum Gasteiger partial charge on any atom is 0.416 e. The van der Waals surface area contributed by atoms with E-state index in [9.17, 15) is 36.3 Å². The first kappa shape index (κ1) is 32.2. The van der Waals surface area contributed by atoms with E-state index in [1.165, 1.54) is 29.2 Å². The number of sulfone groups is 1. The minimum absolute atomic E-state index is 0.0934. The number of carbonyl (C=O) groups is 2. The largest absolute Gasteiger partial charge is 0.480 e. The summed E-state index contributed by atoms with van der Waals surface area (Å²) in [5.41, 5.74) is 1.37. The van der Waals surface area contributed by atoms with Gasteiger partial charge in [-0.2, -0.15) is 13.2 Å². The van der Waals surface area contributed by atoms with Gasteiger partial charge in [0.25, 0.3) is 0 Å². The molecule has 0 bridgehead atoms. The predicted molar refractivity (Wildman–Crippen MR) is 164 cm³/mol. The average Bonchev–Trinajstić information content (AvgIpc) is 3.00. The van der Waals surface area contributed by atoms with E-state index in [4.69, 9.17) is 11.6 Å². The van der Waals surface area contributed by atoms with Crippen molar-refractivity contribution in [3.05, 3.63) is 94.5 Å². The normalized spacial score (nSPS) is 16.4. The first-order valence-electron chi connectivity index (χ1n) is 14.1. The number of rotatable bonds is 7. The van der Waals surface area contributed by atoms with E-state index >= 15 is 0 Å². The number of aryl methyl sites for hydroxylation is 1. The smallest absolute Gasteiger partial charge is 0.416 e. The Balaban J connectivity index is 1.34. The van der Waals surface area contributed by atoms with Gasteiger partial charge < -0.3 is 15.3 Å². The third kappa shape index (κ3) is 7.07. The quantitative estimate of drug-likeness (QED) is 0.224. The van der Waals surface area contributed by atoms with Crippen LogP contribution >= 0.6 is 11.6 Å². The first-order valence-corrected chi connectivity index (χ1v) is 16.0. The lowest BCUT2D eigenvalue weighted by Crippen LogP contribution is -2.55. The fraction of sp³-hybridized carbons (Fsp3) is 0.281. The summed E-state index contributed by atoms with van der Waals surface area (Å²) in [7, 11) is -3.90. The number of alkyl halides is 3. The number of aliphatic carboxylic acids is 1. The number of aromatic nitrogens is 1. The van der Waals surface area contributed by atoms with Crippen LogP contribution in [0.1, 0.15) is 36.0 Å². The molecule has 1 fully saturated rings. The van der Waals surface area contributed by atoms with Gasteiger partial charge in [-0.1, -0.05) is 41.4 Å². The number of likely N-dealkylation sites (tertiary alicyclic amines) is 1. The standard InChI is InChI=1S/C32H29ClF3N3O5S/c1-19-5-10-23(11-6-19)45(43,44)29-4-2-3-15-39(29)31(42)38-28(30(40)41)17-20-7-13-26-21(16-20)8-14-27(37-26)24-18-22(32(34,35)36)9-12-25(24)33/h5-14,16,18,28-29H,2-4,15,17H2,1H3,(H,38,42)(H,40,41)/t28?,29-/m0/s1. The van der Waals surface area contributed by atoms with E-state index in [0.29, 0.717) is 29.3 Å². The molecule has 0 aliphatic carbocycles. The van der Waals surface area contributed by atoms with Gasteiger partial charge in [-0.15, -0.1) is 0 Å². The number of nitrogens with zero attached hydrogens (tertiary/aromatic N) is 2. The molecule has 0 saturated carbocycles. The lowest BCUT2D eigenvalue weighted by molar-refractivity contribution is -0.139. The summed E-state index contributed by atoms with van der Waals surface area (Å²) in [5, 5.41) is 12.0. The molecule has 1 saturated heterocycles. The molecule has 0 radical (unpaired) electrons. The maximum absolute atomic E-state index is 13.4. The van der Waals surface area contributed by atoms with Gasteiger partial charge in [0.1, 0.15) is 11.4 Å². The van der Waals surface area contributed by atoms with Crippen molar-refractivity contribution in [1.29, 1.82) is 0 Å². The van der Waals surface area contributed by atoms with Crippen LogP contribution in [0, 0.1) is 6.92 Å². The molecule has 1 aromatic heterocycles. The van der Waals surface area contributed by atoms with Crippen LogP contribution in [0.15, 0.2) is 77.7 Å². The molecule has 1 unspecified atom stereocenters. The van der Waals surface area contributed by atoms with Crippen LogP contribution in [0.2, 0.25) is 5.02 Å². The van der Waals surface area contributed by atoms with Crippen molar-refractivity contribution < 1.29 is 36.3 Å².